The van der Waals surface area contributed by atoms with Crippen molar-refractivity contribution >= 4 is 5.91 Å². The number of likely N-dealkylation sites (N-methyl/N-ethyl adjacent to an activating group) is 1. The number of carbonyl (C=O) groups excluding carboxylic acids is 1. The van der Waals surface area contributed by atoms with Crippen molar-refractivity contribution in [3.63, 3.8) is 0 Å². The van der Waals surface area contributed by atoms with Crippen molar-refractivity contribution in [2.45, 2.75) is 25.2 Å². The SMILES string of the molecule is COCc1cccc(C(=O)N2CC(O)CC2CN(C)C)c1. The molecule has 5 heteroatoms. The number of ether oxygens (including phenoxy) is 1. The summed E-state index contributed by atoms with van der Waals surface area (Å²) in [5.41, 5.74) is 1.63. The van der Waals surface area contributed by atoms with E-state index in [1.165, 1.54) is 0 Å². The van der Waals surface area contributed by atoms with E-state index < -0.39 is 6.10 Å². The fourth-order valence-corrected chi connectivity index (χ4v) is 2.86. The van der Waals surface area contributed by atoms with E-state index in [1.807, 2.05) is 43.3 Å². The van der Waals surface area contributed by atoms with Gasteiger partial charge in [0.2, 0.25) is 0 Å². The van der Waals surface area contributed by atoms with E-state index in [0.29, 0.717) is 25.1 Å². The number of hydrogen-bond acceptors (Lipinski definition) is 4. The van der Waals surface area contributed by atoms with Crippen molar-refractivity contribution in [2.75, 3.05) is 34.3 Å². The van der Waals surface area contributed by atoms with Crippen molar-refractivity contribution < 1.29 is 14.6 Å². The molecular weight excluding hydrogens is 268 g/mol. The molecule has 2 rings (SSSR count). The van der Waals surface area contributed by atoms with Gasteiger partial charge in [0.25, 0.3) is 5.91 Å². The normalized spacial score (nSPS) is 22.0. The number of carbonyl (C=O) groups is 1. The van der Waals surface area contributed by atoms with Crippen LogP contribution >= 0.6 is 0 Å². The third kappa shape index (κ3) is 4.03. The fourth-order valence-electron chi connectivity index (χ4n) is 2.86. The first-order valence-electron chi connectivity index (χ1n) is 7.23. The molecule has 1 saturated heterocycles. The van der Waals surface area contributed by atoms with Crippen LogP contribution in [0.4, 0.5) is 0 Å². The first-order valence-corrected chi connectivity index (χ1v) is 7.23. The third-order valence-corrected chi connectivity index (χ3v) is 3.71. The average Bonchev–Trinajstić information content (AvgIpc) is 2.78. The molecule has 1 aromatic rings. The van der Waals surface area contributed by atoms with Crippen LogP contribution in [0.5, 0.6) is 0 Å². The molecule has 1 heterocycles. The summed E-state index contributed by atoms with van der Waals surface area (Å²) >= 11 is 0. The molecule has 1 aliphatic heterocycles. The maximum Gasteiger partial charge on any atom is 0.254 e. The maximum absolute atomic E-state index is 12.7. The lowest BCUT2D eigenvalue weighted by atomic mass is 10.1. The van der Waals surface area contributed by atoms with Gasteiger partial charge in [-0.2, -0.15) is 0 Å². The largest absolute Gasteiger partial charge is 0.391 e. The minimum absolute atomic E-state index is 0.0173. The monoisotopic (exact) mass is 292 g/mol. The minimum Gasteiger partial charge on any atom is -0.391 e. The first kappa shape index (κ1) is 15.9. The quantitative estimate of drug-likeness (QED) is 0.878. The third-order valence-electron chi connectivity index (χ3n) is 3.71. The second-order valence-electron chi connectivity index (χ2n) is 5.90. The second-order valence-corrected chi connectivity index (χ2v) is 5.90. The van der Waals surface area contributed by atoms with Gasteiger partial charge in [0, 0.05) is 31.8 Å². The number of benzene rings is 1. The Labute approximate surface area is 126 Å². The molecule has 116 valence electrons. The molecule has 0 radical (unpaired) electrons. The van der Waals surface area contributed by atoms with E-state index in [4.69, 9.17) is 4.74 Å². The zero-order valence-electron chi connectivity index (χ0n) is 13.0. The molecule has 0 spiro atoms. The Balaban J connectivity index is 2.15. The number of aliphatic hydroxyl groups is 1. The molecule has 1 amide bonds. The summed E-state index contributed by atoms with van der Waals surface area (Å²) < 4.78 is 5.11. The van der Waals surface area contributed by atoms with Gasteiger partial charge >= 0.3 is 0 Å². The molecule has 1 aliphatic rings. The van der Waals surface area contributed by atoms with Crippen molar-refractivity contribution in [1.82, 2.24) is 9.80 Å². The van der Waals surface area contributed by atoms with Crippen molar-refractivity contribution in [3.8, 4) is 0 Å². The molecule has 0 saturated carbocycles. The molecule has 0 bridgehead atoms. The van der Waals surface area contributed by atoms with Gasteiger partial charge in [-0.05, 0) is 38.2 Å². The number of likely N-dealkylation sites (tertiary alicyclic amines) is 1. The predicted molar refractivity (Wildman–Crippen MR) is 81.2 cm³/mol. The van der Waals surface area contributed by atoms with Crippen molar-refractivity contribution in [3.05, 3.63) is 35.4 Å². The summed E-state index contributed by atoms with van der Waals surface area (Å²) in [7, 11) is 5.59. The van der Waals surface area contributed by atoms with E-state index >= 15 is 0 Å². The Kier molecular flexibility index (Phi) is 5.33. The van der Waals surface area contributed by atoms with Gasteiger partial charge in [-0.1, -0.05) is 12.1 Å². The van der Waals surface area contributed by atoms with Gasteiger partial charge in [0.1, 0.15) is 0 Å². The molecular formula is C16H24N2O3. The number of nitrogens with zero attached hydrogens (tertiary/aromatic N) is 2. The topological polar surface area (TPSA) is 53.0 Å². The standard InChI is InChI=1S/C16H24N2O3/c1-17(2)9-14-8-15(19)10-18(14)16(20)13-6-4-5-12(7-13)11-21-3/h4-7,14-15,19H,8-11H2,1-3H3. The van der Waals surface area contributed by atoms with Crippen LogP contribution in [-0.2, 0) is 11.3 Å². The van der Waals surface area contributed by atoms with Gasteiger partial charge in [-0.15, -0.1) is 0 Å². The van der Waals surface area contributed by atoms with Crippen LogP contribution < -0.4 is 0 Å². The number of amides is 1. The fraction of sp³-hybridized carbons (Fsp3) is 0.562. The Morgan fingerprint density at radius 3 is 2.90 bits per heavy atom. The summed E-state index contributed by atoms with van der Waals surface area (Å²) in [5, 5.41) is 9.89. The highest BCUT2D eigenvalue weighted by molar-refractivity contribution is 5.94. The molecule has 2 atom stereocenters. The first-order chi connectivity index (χ1) is 10.0. The van der Waals surface area contributed by atoms with Crippen molar-refractivity contribution in [1.29, 1.82) is 0 Å². The van der Waals surface area contributed by atoms with E-state index in [1.54, 1.807) is 12.0 Å². The zero-order valence-corrected chi connectivity index (χ0v) is 13.0. The second kappa shape index (κ2) is 7.02. The van der Waals surface area contributed by atoms with E-state index in [0.717, 1.165) is 12.1 Å². The number of aliphatic hydroxyl groups excluding tert-OH is 1. The Morgan fingerprint density at radius 1 is 1.48 bits per heavy atom. The molecule has 5 nitrogen and oxygen atoms in total. The lowest BCUT2D eigenvalue weighted by Gasteiger charge is -2.27. The van der Waals surface area contributed by atoms with Crippen LogP contribution in [-0.4, -0.2) is 67.3 Å². The molecule has 2 unspecified atom stereocenters. The summed E-state index contributed by atoms with van der Waals surface area (Å²) in [6.07, 6.45) is 0.211. The van der Waals surface area contributed by atoms with Crippen LogP contribution in [0.3, 0.4) is 0 Å². The van der Waals surface area contributed by atoms with Gasteiger partial charge < -0.3 is 19.6 Å². The predicted octanol–water partition coefficient (Wildman–Crippen LogP) is 0.970. The van der Waals surface area contributed by atoms with Crippen LogP contribution in [0.2, 0.25) is 0 Å². The van der Waals surface area contributed by atoms with Gasteiger partial charge in [-0.25, -0.2) is 0 Å². The molecule has 0 aliphatic carbocycles. The van der Waals surface area contributed by atoms with E-state index in [9.17, 15) is 9.90 Å². The smallest absolute Gasteiger partial charge is 0.254 e. The number of hydrogen-bond donors (Lipinski definition) is 1. The summed E-state index contributed by atoms with van der Waals surface area (Å²) in [6.45, 7) is 1.66. The molecule has 21 heavy (non-hydrogen) atoms. The highest BCUT2D eigenvalue weighted by Crippen LogP contribution is 2.21. The molecule has 0 aromatic heterocycles. The molecule has 1 aromatic carbocycles. The average molecular weight is 292 g/mol. The number of rotatable bonds is 5. The van der Waals surface area contributed by atoms with Crippen molar-refractivity contribution in [2.24, 2.45) is 0 Å². The zero-order chi connectivity index (χ0) is 15.4. The van der Waals surface area contributed by atoms with Crippen LogP contribution in [0, 0.1) is 0 Å². The van der Waals surface area contributed by atoms with Gasteiger partial charge in [0.05, 0.1) is 12.7 Å². The lowest BCUT2D eigenvalue weighted by molar-refractivity contribution is 0.0699. The van der Waals surface area contributed by atoms with Crippen LogP contribution in [0.25, 0.3) is 0 Å². The van der Waals surface area contributed by atoms with Gasteiger partial charge in [0.15, 0.2) is 0 Å². The number of β-amino-alcohol motifs (C(OH)–C–C–N with tert-alkyl or cyclic N) is 1. The Hall–Kier alpha value is -1.43. The van der Waals surface area contributed by atoms with Crippen LogP contribution in [0.15, 0.2) is 24.3 Å². The van der Waals surface area contributed by atoms with E-state index in [-0.39, 0.29) is 11.9 Å². The lowest BCUT2D eigenvalue weighted by Crippen LogP contribution is -2.41. The summed E-state index contributed by atoms with van der Waals surface area (Å²) in [4.78, 5) is 16.5. The number of methoxy groups -OCH3 is 1. The molecule has 1 fully saturated rings. The Bertz CT molecular complexity index is 490. The minimum atomic E-state index is -0.430. The highest BCUT2D eigenvalue weighted by atomic mass is 16.5. The summed E-state index contributed by atoms with van der Waals surface area (Å²) in [6, 6.07) is 7.56. The highest BCUT2D eigenvalue weighted by Gasteiger charge is 2.34. The van der Waals surface area contributed by atoms with Crippen LogP contribution in [0.1, 0.15) is 22.3 Å². The Morgan fingerprint density at radius 2 is 2.24 bits per heavy atom. The van der Waals surface area contributed by atoms with Gasteiger partial charge in [-0.3, -0.25) is 4.79 Å². The molecule has 1 N–H and O–H groups in total. The van der Waals surface area contributed by atoms with E-state index in [2.05, 4.69) is 0 Å². The maximum atomic E-state index is 12.7. The summed E-state index contributed by atoms with van der Waals surface area (Å²) in [5.74, 6) is -0.0173.